The summed E-state index contributed by atoms with van der Waals surface area (Å²) >= 11 is 3.80. The fraction of sp³-hybridized carbons (Fsp3) is 0.533. The predicted molar refractivity (Wildman–Crippen MR) is 77.1 cm³/mol. The number of fused-ring (bicyclic) bond motifs is 1. The second-order valence-electron chi connectivity index (χ2n) is 5.98. The minimum absolute atomic E-state index is 0.101. The van der Waals surface area contributed by atoms with Gasteiger partial charge in [0, 0.05) is 10.5 Å². The maximum Gasteiger partial charge on any atom is 0.234 e. The summed E-state index contributed by atoms with van der Waals surface area (Å²) in [5, 5.41) is 3.00. The molecular formula is C15H18BrNO. The van der Waals surface area contributed by atoms with E-state index in [9.17, 15) is 4.79 Å². The van der Waals surface area contributed by atoms with Crippen LogP contribution in [0.2, 0.25) is 0 Å². The predicted octanol–water partition coefficient (Wildman–Crippen LogP) is 4.15. The standard InChI is InChI=1S/C15H18BrNO/c1-15(2)11-7-6-10(8-12(11)17-14(15)18)13(16)9-4-3-5-9/h6-9,13H,3-5H2,1-2H3,(H,17,18). The Morgan fingerprint density at radius 3 is 2.72 bits per heavy atom. The van der Waals surface area contributed by atoms with E-state index in [0.717, 1.165) is 17.2 Å². The van der Waals surface area contributed by atoms with Crippen molar-refractivity contribution in [3.05, 3.63) is 29.3 Å². The van der Waals surface area contributed by atoms with Gasteiger partial charge in [-0.25, -0.2) is 0 Å². The number of anilines is 1. The summed E-state index contributed by atoms with van der Waals surface area (Å²) in [5.41, 5.74) is 3.00. The number of hydrogen-bond donors (Lipinski definition) is 1. The van der Waals surface area contributed by atoms with Crippen LogP contribution in [0, 0.1) is 5.92 Å². The third-order valence-electron chi connectivity index (χ3n) is 4.41. The number of carbonyl (C=O) groups excluding carboxylic acids is 1. The first kappa shape index (κ1) is 12.2. The van der Waals surface area contributed by atoms with Gasteiger partial charge in [-0.2, -0.15) is 0 Å². The van der Waals surface area contributed by atoms with Gasteiger partial charge in [-0.05, 0) is 49.8 Å². The van der Waals surface area contributed by atoms with Gasteiger partial charge in [0.25, 0.3) is 0 Å². The Hall–Kier alpha value is -0.830. The minimum Gasteiger partial charge on any atom is -0.325 e. The monoisotopic (exact) mass is 307 g/mol. The van der Waals surface area contributed by atoms with Crippen LogP contribution in [0.1, 0.15) is 49.1 Å². The van der Waals surface area contributed by atoms with Gasteiger partial charge >= 0.3 is 0 Å². The zero-order valence-corrected chi connectivity index (χ0v) is 12.4. The molecule has 1 aliphatic heterocycles. The Morgan fingerprint density at radius 1 is 1.39 bits per heavy atom. The lowest BCUT2D eigenvalue weighted by molar-refractivity contribution is -0.119. The average Bonchev–Trinajstić information content (AvgIpc) is 2.47. The topological polar surface area (TPSA) is 29.1 Å². The van der Waals surface area contributed by atoms with Crippen LogP contribution >= 0.6 is 15.9 Å². The van der Waals surface area contributed by atoms with E-state index in [-0.39, 0.29) is 5.91 Å². The van der Waals surface area contributed by atoms with Gasteiger partial charge in [-0.15, -0.1) is 0 Å². The molecule has 1 aliphatic carbocycles. The van der Waals surface area contributed by atoms with Crippen molar-refractivity contribution >= 4 is 27.5 Å². The Morgan fingerprint density at radius 2 is 2.11 bits per heavy atom. The first-order chi connectivity index (χ1) is 8.50. The molecule has 0 bridgehead atoms. The summed E-state index contributed by atoms with van der Waals surface area (Å²) in [7, 11) is 0. The van der Waals surface area contributed by atoms with Crippen LogP contribution in [0.25, 0.3) is 0 Å². The van der Waals surface area contributed by atoms with Crippen LogP contribution in [0.15, 0.2) is 18.2 Å². The maximum atomic E-state index is 11.9. The quantitative estimate of drug-likeness (QED) is 0.817. The average molecular weight is 308 g/mol. The van der Waals surface area contributed by atoms with Crippen molar-refractivity contribution < 1.29 is 4.79 Å². The van der Waals surface area contributed by atoms with Gasteiger partial charge in [0.15, 0.2) is 0 Å². The third kappa shape index (κ3) is 1.71. The largest absolute Gasteiger partial charge is 0.325 e. The van der Waals surface area contributed by atoms with E-state index >= 15 is 0 Å². The Labute approximate surface area is 116 Å². The van der Waals surface area contributed by atoms with Crippen molar-refractivity contribution in [3.63, 3.8) is 0 Å². The fourth-order valence-electron chi connectivity index (χ4n) is 2.79. The SMILES string of the molecule is CC1(C)C(=O)Nc2cc(C(Br)C3CCC3)ccc21. The smallest absolute Gasteiger partial charge is 0.234 e. The Kier molecular flexibility index (Phi) is 2.77. The van der Waals surface area contributed by atoms with E-state index in [1.165, 1.54) is 24.8 Å². The van der Waals surface area contributed by atoms with Crippen LogP contribution in [0.5, 0.6) is 0 Å². The summed E-state index contributed by atoms with van der Waals surface area (Å²) in [6, 6.07) is 6.41. The summed E-state index contributed by atoms with van der Waals surface area (Å²) in [5.74, 6) is 0.859. The van der Waals surface area contributed by atoms with Gasteiger partial charge in [0.05, 0.1) is 5.41 Å². The van der Waals surface area contributed by atoms with Gasteiger partial charge in [0.2, 0.25) is 5.91 Å². The van der Waals surface area contributed by atoms with Crippen molar-refractivity contribution in [1.82, 2.24) is 0 Å². The summed E-state index contributed by atoms with van der Waals surface area (Å²) in [6.45, 7) is 3.96. The molecule has 0 saturated heterocycles. The molecule has 1 saturated carbocycles. The lowest BCUT2D eigenvalue weighted by Gasteiger charge is -2.30. The summed E-state index contributed by atoms with van der Waals surface area (Å²) in [4.78, 5) is 12.3. The Balaban J connectivity index is 1.93. The molecule has 1 unspecified atom stereocenters. The lowest BCUT2D eigenvalue weighted by atomic mass is 9.80. The van der Waals surface area contributed by atoms with Crippen molar-refractivity contribution in [1.29, 1.82) is 0 Å². The molecule has 3 rings (SSSR count). The van der Waals surface area contributed by atoms with Crippen LogP contribution < -0.4 is 5.32 Å². The van der Waals surface area contributed by atoms with E-state index in [0.29, 0.717) is 4.83 Å². The van der Waals surface area contributed by atoms with E-state index in [1.54, 1.807) is 0 Å². The van der Waals surface area contributed by atoms with Gasteiger partial charge in [-0.3, -0.25) is 4.79 Å². The van der Waals surface area contributed by atoms with Crippen LogP contribution in [-0.4, -0.2) is 5.91 Å². The molecule has 1 heterocycles. The molecule has 1 N–H and O–H groups in total. The number of halogens is 1. The number of hydrogen-bond acceptors (Lipinski definition) is 1. The van der Waals surface area contributed by atoms with Gasteiger partial charge < -0.3 is 5.32 Å². The van der Waals surface area contributed by atoms with Crippen molar-refractivity contribution in [3.8, 4) is 0 Å². The number of benzene rings is 1. The normalized spacial score (nSPS) is 23.2. The number of alkyl halides is 1. The molecule has 0 aromatic heterocycles. The fourth-order valence-corrected chi connectivity index (χ4v) is 3.60. The molecule has 96 valence electrons. The highest BCUT2D eigenvalue weighted by molar-refractivity contribution is 9.09. The highest BCUT2D eigenvalue weighted by Gasteiger charge is 2.38. The highest BCUT2D eigenvalue weighted by Crippen LogP contribution is 2.45. The summed E-state index contributed by atoms with van der Waals surface area (Å²) in [6.07, 6.45) is 3.97. The van der Waals surface area contributed by atoms with E-state index in [1.807, 2.05) is 13.8 Å². The lowest BCUT2D eigenvalue weighted by Crippen LogP contribution is -2.26. The molecular weight excluding hydrogens is 290 g/mol. The number of nitrogens with one attached hydrogen (secondary N) is 1. The van der Waals surface area contributed by atoms with Crippen LogP contribution in [0.4, 0.5) is 5.69 Å². The van der Waals surface area contributed by atoms with E-state index in [2.05, 4.69) is 39.4 Å². The molecule has 2 nitrogen and oxygen atoms in total. The van der Waals surface area contributed by atoms with E-state index < -0.39 is 5.41 Å². The van der Waals surface area contributed by atoms with E-state index in [4.69, 9.17) is 0 Å². The molecule has 1 aromatic carbocycles. The molecule has 1 aromatic rings. The summed E-state index contributed by atoms with van der Waals surface area (Å²) < 4.78 is 0. The van der Waals surface area contributed by atoms with Gasteiger partial charge in [0.1, 0.15) is 0 Å². The van der Waals surface area contributed by atoms with Crippen molar-refractivity contribution in [2.45, 2.75) is 43.4 Å². The minimum atomic E-state index is -0.397. The Bertz CT molecular complexity index is 505. The molecule has 2 aliphatic rings. The first-order valence-corrected chi connectivity index (χ1v) is 7.51. The second-order valence-corrected chi connectivity index (χ2v) is 6.96. The number of amides is 1. The number of rotatable bonds is 2. The first-order valence-electron chi connectivity index (χ1n) is 6.60. The molecule has 18 heavy (non-hydrogen) atoms. The van der Waals surface area contributed by atoms with Crippen molar-refractivity contribution in [2.24, 2.45) is 5.92 Å². The number of carbonyl (C=O) groups is 1. The molecule has 1 amide bonds. The molecule has 3 heteroatoms. The zero-order chi connectivity index (χ0) is 12.9. The van der Waals surface area contributed by atoms with Crippen LogP contribution in [0.3, 0.4) is 0 Å². The molecule has 0 spiro atoms. The highest BCUT2D eigenvalue weighted by atomic mass is 79.9. The maximum absolute atomic E-state index is 11.9. The van der Waals surface area contributed by atoms with Crippen LogP contribution in [-0.2, 0) is 10.2 Å². The molecule has 1 atom stereocenters. The zero-order valence-electron chi connectivity index (χ0n) is 10.8. The van der Waals surface area contributed by atoms with Crippen molar-refractivity contribution in [2.75, 3.05) is 5.32 Å². The molecule has 1 fully saturated rings. The van der Waals surface area contributed by atoms with Gasteiger partial charge in [-0.1, -0.05) is 34.5 Å². The molecule has 0 radical (unpaired) electrons. The second kappa shape index (κ2) is 4.09. The third-order valence-corrected chi connectivity index (χ3v) is 5.69.